The predicted octanol–water partition coefficient (Wildman–Crippen LogP) is 10.1. The highest BCUT2D eigenvalue weighted by Gasteiger charge is 2.31. The summed E-state index contributed by atoms with van der Waals surface area (Å²) in [5, 5.41) is 28.4. The Hall–Kier alpha value is -1.89. The van der Waals surface area contributed by atoms with Crippen molar-refractivity contribution < 1.29 is 34.2 Å². The Morgan fingerprint density at radius 2 is 0.756 bits per heavy atom. The quantitative estimate of drug-likeness (QED) is 0.0375. The van der Waals surface area contributed by atoms with E-state index in [1.54, 1.807) is 20.8 Å². The van der Waals surface area contributed by atoms with Gasteiger partial charge in [0.25, 0.3) is 0 Å². The van der Waals surface area contributed by atoms with E-state index in [9.17, 15) is 29.7 Å². The summed E-state index contributed by atoms with van der Waals surface area (Å²) in [6, 6.07) is 0. The van der Waals surface area contributed by atoms with Crippen LogP contribution >= 0.6 is 0 Å². The van der Waals surface area contributed by atoms with E-state index >= 15 is 0 Å². The summed E-state index contributed by atoms with van der Waals surface area (Å²) in [4.78, 5) is 34.5. The van der Waals surface area contributed by atoms with Crippen LogP contribution in [0.5, 0.6) is 0 Å². The topological polar surface area (TPSA) is 112 Å². The van der Waals surface area contributed by atoms with Gasteiger partial charge in [0, 0.05) is 19.3 Å². The Morgan fingerprint density at radius 1 is 0.467 bits per heavy atom. The van der Waals surface area contributed by atoms with Gasteiger partial charge in [-0.25, -0.2) is 0 Å². The molecule has 0 aliphatic heterocycles. The molecule has 0 saturated carbocycles. The number of rotatable bonds is 33. The molecule has 264 valence electrons. The normalized spacial score (nSPS) is 15.1. The highest BCUT2D eigenvalue weighted by molar-refractivity contribution is 5.70. The minimum absolute atomic E-state index is 0.481. The van der Waals surface area contributed by atoms with Crippen molar-refractivity contribution in [1.29, 1.82) is 0 Å². The number of carbonyl (C=O) groups is 3. The molecule has 0 spiro atoms. The van der Waals surface area contributed by atoms with Crippen LogP contribution in [0, 0.1) is 17.8 Å². The van der Waals surface area contributed by atoms with Gasteiger partial charge in [-0.1, -0.05) is 123 Å². The van der Waals surface area contributed by atoms with Crippen molar-refractivity contribution in [1.82, 2.24) is 0 Å². The smallest absolute Gasteiger partial charge is 0.306 e. The molecule has 0 radical (unpaired) electrons. The maximum Gasteiger partial charge on any atom is 0.306 e. The van der Waals surface area contributed by atoms with Gasteiger partial charge in [0.15, 0.2) is 0 Å². The zero-order valence-electron chi connectivity index (χ0n) is 29.8. The summed E-state index contributed by atoms with van der Waals surface area (Å²) in [5.74, 6) is -3.92. The van der Waals surface area contributed by atoms with E-state index in [-0.39, 0.29) is 0 Å². The highest BCUT2D eigenvalue weighted by atomic mass is 16.4. The van der Waals surface area contributed by atoms with E-state index in [1.165, 1.54) is 96.3 Å². The van der Waals surface area contributed by atoms with Crippen molar-refractivity contribution in [2.45, 2.75) is 169 Å². The number of carboxylic acid groups (broad SMARTS) is 3. The zero-order chi connectivity index (χ0) is 33.8. The van der Waals surface area contributed by atoms with Crippen LogP contribution in [0.1, 0.15) is 169 Å². The number of hydrogen-bond donors (Lipinski definition) is 3. The first-order valence-electron chi connectivity index (χ1n) is 18.7. The van der Waals surface area contributed by atoms with Crippen LogP contribution in [0.2, 0.25) is 0 Å². The lowest BCUT2D eigenvalue weighted by molar-refractivity contribution is -0.929. The van der Waals surface area contributed by atoms with Crippen LogP contribution in [0.25, 0.3) is 0 Å². The third kappa shape index (κ3) is 24.9. The lowest BCUT2D eigenvalue weighted by Crippen LogP contribution is -2.52. The van der Waals surface area contributed by atoms with Crippen molar-refractivity contribution >= 4 is 17.9 Å². The molecule has 0 aliphatic rings. The summed E-state index contributed by atoms with van der Waals surface area (Å²) in [6.45, 7) is 10.2. The minimum Gasteiger partial charge on any atom is -0.481 e. The van der Waals surface area contributed by atoms with Crippen LogP contribution in [-0.2, 0) is 14.4 Å². The molecule has 0 aliphatic carbocycles. The molecule has 7 nitrogen and oxygen atoms in total. The Bertz CT molecular complexity index is 722. The predicted molar refractivity (Wildman–Crippen MR) is 187 cm³/mol. The van der Waals surface area contributed by atoms with Gasteiger partial charge in [0.2, 0.25) is 0 Å². The molecule has 0 bridgehead atoms. The van der Waals surface area contributed by atoms with E-state index in [1.807, 2.05) is 0 Å². The summed E-state index contributed by atoms with van der Waals surface area (Å²) in [7, 11) is 0. The molecule has 3 N–H and O–H groups in total. The molecule has 7 heteroatoms. The molecule has 0 rings (SSSR count). The zero-order valence-corrected chi connectivity index (χ0v) is 29.8. The number of aliphatic carboxylic acids is 3. The van der Waals surface area contributed by atoms with E-state index in [4.69, 9.17) is 0 Å². The Morgan fingerprint density at radius 3 is 1.07 bits per heavy atom. The summed E-state index contributed by atoms with van der Waals surface area (Å²) < 4.78 is 0.608. The van der Waals surface area contributed by atoms with Crippen molar-refractivity contribution in [2.75, 3.05) is 26.2 Å². The third-order valence-corrected chi connectivity index (χ3v) is 9.77. The highest BCUT2D eigenvalue weighted by Crippen LogP contribution is 2.22. The summed E-state index contributed by atoms with van der Waals surface area (Å²) >= 11 is 0. The average Bonchev–Trinajstić information content (AvgIpc) is 3.01. The van der Waals surface area contributed by atoms with Crippen LogP contribution < -0.4 is 0 Å². The lowest BCUT2D eigenvalue weighted by atomic mass is 10.0. The van der Waals surface area contributed by atoms with E-state index in [2.05, 4.69) is 19.1 Å². The number of quaternary nitrogens is 1. The molecule has 0 aromatic rings. The number of unbranched alkanes of at least 4 members (excludes halogenated alkanes) is 17. The maximum atomic E-state index is 11.5. The first-order chi connectivity index (χ1) is 21.5. The molecule has 0 fully saturated rings. The fourth-order valence-corrected chi connectivity index (χ4v) is 6.02. The molecule has 45 heavy (non-hydrogen) atoms. The van der Waals surface area contributed by atoms with Crippen LogP contribution in [0.15, 0.2) is 12.2 Å². The number of hydrogen-bond acceptors (Lipinski definition) is 3. The molecule has 0 heterocycles. The lowest BCUT2D eigenvalue weighted by Gasteiger charge is -2.40. The Kier molecular flexibility index (Phi) is 27.2. The molecule has 0 aromatic carbocycles. The van der Waals surface area contributed by atoms with Gasteiger partial charge in [0.05, 0.1) is 43.9 Å². The standard InChI is InChI=1S/C38H71NO6/c1-5-6-7-8-9-10-11-12-13-14-15-16-17-18-19-20-21-22-23-24-25-29-39(30-26-33(2)36(40)41,31-27-34(3)37(42)43)32-28-35(4)38(44)45/h17-18,33-35H,5-16,19-32H2,1-4H3,(H2-,40,41,42,43,44,45)/p+1/b18-17+. The van der Waals surface area contributed by atoms with Gasteiger partial charge in [-0.2, -0.15) is 0 Å². The van der Waals surface area contributed by atoms with Gasteiger partial charge in [-0.3, -0.25) is 14.4 Å². The summed E-state index contributed by atoms with van der Waals surface area (Å²) in [5.41, 5.74) is 0. The van der Waals surface area contributed by atoms with Gasteiger partial charge in [-0.05, 0) is 38.5 Å². The monoisotopic (exact) mass is 639 g/mol. The van der Waals surface area contributed by atoms with Crippen molar-refractivity contribution in [3.63, 3.8) is 0 Å². The van der Waals surface area contributed by atoms with E-state index < -0.39 is 35.7 Å². The molecule has 3 unspecified atom stereocenters. The minimum atomic E-state index is -0.824. The van der Waals surface area contributed by atoms with Crippen molar-refractivity contribution in [3.05, 3.63) is 12.2 Å². The first kappa shape index (κ1) is 43.1. The van der Waals surface area contributed by atoms with Crippen LogP contribution in [-0.4, -0.2) is 63.9 Å². The second kappa shape index (κ2) is 28.3. The summed E-state index contributed by atoms with van der Waals surface area (Å²) in [6.07, 6.45) is 30.7. The van der Waals surface area contributed by atoms with E-state index in [0.717, 1.165) is 32.2 Å². The fraction of sp³-hybridized carbons (Fsp3) is 0.868. The van der Waals surface area contributed by atoms with Crippen LogP contribution in [0.4, 0.5) is 0 Å². The number of carboxylic acids is 3. The third-order valence-electron chi connectivity index (χ3n) is 9.77. The van der Waals surface area contributed by atoms with Gasteiger partial charge < -0.3 is 19.8 Å². The molecule has 3 atom stereocenters. The second-order valence-corrected chi connectivity index (χ2v) is 14.0. The molecule has 0 amide bonds. The maximum absolute atomic E-state index is 11.5. The largest absolute Gasteiger partial charge is 0.481 e. The Balaban J connectivity index is 4.38. The fourth-order valence-electron chi connectivity index (χ4n) is 6.02. The van der Waals surface area contributed by atoms with Gasteiger partial charge in [0.1, 0.15) is 0 Å². The average molecular weight is 639 g/mol. The Labute approximate surface area is 276 Å². The molecule has 0 saturated heterocycles. The number of allylic oxidation sites excluding steroid dienone is 2. The van der Waals surface area contributed by atoms with Gasteiger partial charge in [-0.15, -0.1) is 0 Å². The SMILES string of the molecule is CCCCCCCCCCCCC/C=C/CCCCCCCC[N+](CCC(C)C(=O)O)(CCC(C)C(=O)O)CCC(C)C(=O)O. The molecular formula is C38H72NO6+. The van der Waals surface area contributed by atoms with Gasteiger partial charge >= 0.3 is 17.9 Å². The second-order valence-electron chi connectivity index (χ2n) is 14.0. The molecular weight excluding hydrogens is 566 g/mol. The van der Waals surface area contributed by atoms with E-state index in [0.29, 0.717) is 43.4 Å². The number of nitrogens with zero attached hydrogens (tertiary/aromatic N) is 1. The molecule has 0 aromatic heterocycles. The van der Waals surface area contributed by atoms with Crippen molar-refractivity contribution in [2.24, 2.45) is 17.8 Å². The van der Waals surface area contributed by atoms with Crippen molar-refractivity contribution in [3.8, 4) is 0 Å². The van der Waals surface area contributed by atoms with Crippen LogP contribution in [0.3, 0.4) is 0 Å². The first-order valence-corrected chi connectivity index (χ1v) is 18.7.